The number of nitrogens with one attached hydrogen (secondary N) is 1. The largest absolute Gasteiger partial charge is 0.320 e. The second kappa shape index (κ2) is 7.64. The van der Waals surface area contributed by atoms with E-state index in [4.69, 9.17) is 6.57 Å². The van der Waals surface area contributed by atoms with Crippen molar-refractivity contribution in [3.63, 3.8) is 0 Å². The molecule has 6 nitrogen and oxygen atoms in total. The Hall–Kier alpha value is -2.47. The lowest BCUT2D eigenvalue weighted by molar-refractivity contribution is 0.392. The van der Waals surface area contributed by atoms with E-state index < -0.39 is 16.0 Å². The average molecular weight is 388 g/mol. The van der Waals surface area contributed by atoms with Crippen molar-refractivity contribution in [2.24, 2.45) is 0 Å². The van der Waals surface area contributed by atoms with Crippen LogP contribution in [-0.2, 0) is 16.8 Å². The maximum atomic E-state index is 14.7. The van der Waals surface area contributed by atoms with Gasteiger partial charge in [-0.15, -0.1) is 0 Å². The zero-order valence-electron chi connectivity index (χ0n) is 15.2. The normalized spacial score (nSPS) is 16.0. The minimum absolute atomic E-state index is 0.0178. The molecule has 0 atom stereocenters. The van der Waals surface area contributed by atoms with Gasteiger partial charge >= 0.3 is 10.2 Å². The number of anilines is 2. The van der Waals surface area contributed by atoms with Crippen LogP contribution in [0.2, 0.25) is 0 Å². The highest BCUT2D eigenvalue weighted by Gasteiger charge is 2.38. The summed E-state index contributed by atoms with van der Waals surface area (Å²) in [7, 11) is -2.14. The summed E-state index contributed by atoms with van der Waals surface area (Å²) in [5, 5.41) is 3.00. The maximum Gasteiger partial charge on any atom is 0.308 e. The second-order valence-corrected chi connectivity index (χ2v) is 8.22. The molecule has 0 aliphatic carbocycles. The number of hydrogen-bond donors (Lipinski definition) is 1. The average Bonchev–Trinajstić information content (AvgIpc) is 2.63. The summed E-state index contributed by atoms with van der Waals surface area (Å²) in [6.07, 6.45) is 0.623. The first-order valence-corrected chi connectivity index (χ1v) is 9.99. The van der Waals surface area contributed by atoms with Crippen molar-refractivity contribution in [2.45, 2.75) is 19.9 Å². The Balaban J connectivity index is 2.15. The SMILES string of the molecule is [C-]#[N+]c1ccc2c(c1)CN(CCCNC)S(=O)(=O)N2c1ccc(C)cc1F. The quantitative estimate of drug-likeness (QED) is 0.630. The van der Waals surface area contributed by atoms with Gasteiger partial charge in [-0.2, -0.15) is 12.7 Å². The zero-order valence-corrected chi connectivity index (χ0v) is 16.1. The van der Waals surface area contributed by atoms with Gasteiger partial charge in [-0.3, -0.25) is 0 Å². The van der Waals surface area contributed by atoms with Gasteiger partial charge in [0.1, 0.15) is 5.82 Å². The van der Waals surface area contributed by atoms with Crippen LogP contribution in [-0.4, -0.2) is 32.9 Å². The van der Waals surface area contributed by atoms with Gasteiger partial charge in [-0.05, 0) is 62.3 Å². The van der Waals surface area contributed by atoms with E-state index in [0.717, 1.165) is 4.31 Å². The maximum absolute atomic E-state index is 14.7. The molecule has 8 heteroatoms. The third kappa shape index (κ3) is 3.67. The first-order valence-electron chi connectivity index (χ1n) is 8.60. The van der Waals surface area contributed by atoms with E-state index in [0.29, 0.717) is 42.0 Å². The predicted molar refractivity (Wildman–Crippen MR) is 104 cm³/mol. The molecule has 0 amide bonds. The monoisotopic (exact) mass is 388 g/mol. The number of hydrogen-bond acceptors (Lipinski definition) is 3. The van der Waals surface area contributed by atoms with Gasteiger partial charge in [0.2, 0.25) is 0 Å². The fourth-order valence-electron chi connectivity index (χ4n) is 3.13. The van der Waals surface area contributed by atoms with Gasteiger partial charge in [-0.1, -0.05) is 12.1 Å². The first kappa shape index (κ1) is 19.3. The number of aryl methyl sites for hydroxylation is 1. The van der Waals surface area contributed by atoms with Crippen molar-refractivity contribution in [3.8, 4) is 0 Å². The van der Waals surface area contributed by atoms with Crippen molar-refractivity contribution < 1.29 is 12.8 Å². The molecule has 1 heterocycles. The molecule has 2 aromatic carbocycles. The van der Waals surface area contributed by atoms with Crippen molar-refractivity contribution in [2.75, 3.05) is 24.4 Å². The molecule has 0 fully saturated rings. The van der Waals surface area contributed by atoms with Gasteiger partial charge in [0.15, 0.2) is 5.69 Å². The van der Waals surface area contributed by atoms with Crippen LogP contribution in [0.3, 0.4) is 0 Å². The molecule has 0 saturated heterocycles. The van der Waals surface area contributed by atoms with Crippen LogP contribution in [0.15, 0.2) is 36.4 Å². The van der Waals surface area contributed by atoms with Gasteiger partial charge in [-0.25, -0.2) is 13.5 Å². The summed E-state index contributed by atoms with van der Waals surface area (Å²) in [5.41, 5.74) is 2.18. The van der Waals surface area contributed by atoms with Crippen LogP contribution in [0.1, 0.15) is 17.5 Å². The topological polar surface area (TPSA) is 57.0 Å². The molecular weight excluding hydrogens is 367 g/mol. The van der Waals surface area contributed by atoms with Gasteiger partial charge < -0.3 is 5.32 Å². The molecular formula is C19H21FN4O2S. The summed E-state index contributed by atoms with van der Waals surface area (Å²) in [6, 6.07) is 9.27. The fourth-order valence-corrected chi connectivity index (χ4v) is 4.85. The molecule has 0 unspecified atom stereocenters. The van der Waals surface area contributed by atoms with Gasteiger partial charge in [0.25, 0.3) is 0 Å². The third-order valence-electron chi connectivity index (χ3n) is 4.47. The van der Waals surface area contributed by atoms with Crippen molar-refractivity contribution in [3.05, 3.63) is 64.8 Å². The molecule has 0 radical (unpaired) electrons. The highest BCUT2D eigenvalue weighted by Crippen LogP contribution is 2.41. The molecule has 27 heavy (non-hydrogen) atoms. The third-order valence-corrected chi connectivity index (χ3v) is 6.29. The highest BCUT2D eigenvalue weighted by molar-refractivity contribution is 7.90. The van der Waals surface area contributed by atoms with E-state index in [-0.39, 0.29) is 12.2 Å². The van der Waals surface area contributed by atoms with Crippen molar-refractivity contribution >= 4 is 27.3 Å². The van der Waals surface area contributed by atoms with Gasteiger partial charge in [0.05, 0.1) is 17.9 Å². The Morgan fingerprint density at radius 1 is 1.22 bits per heavy atom. The Morgan fingerprint density at radius 2 is 1.96 bits per heavy atom. The first-order chi connectivity index (χ1) is 12.9. The van der Waals surface area contributed by atoms with E-state index >= 15 is 0 Å². The van der Waals surface area contributed by atoms with E-state index in [9.17, 15) is 12.8 Å². The Bertz CT molecular complexity index is 1000. The minimum Gasteiger partial charge on any atom is -0.320 e. The summed E-state index contributed by atoms with van der Waals surface area (Å²) >= 11 is 0. The summed E-state index contributed by atoms with van der Waals surface area (Å²) < 4.78 is 43.6. The highest BCUT2D eigenvalue weighted by atomic mass is 32.2. The molecule has 0 aromatic heterocycles. The second-order valence-electron chi connectivity index (χ2n) is 6.44. The number of rotatable bonds is 5. The number of benzene rings is 2. The summed E-state index contributed by atoms with van der Waals surface area (Å²) in [6.45, 7) is 10.1. The van der Waals surface area contributed by atoms with E-state index in [1.54, 1.807) is 38.2 Å². The van der Waals surface area contributed by atoms with Crippen molar-refractivity contribution in [1.82, 2.24) is 9.62 Å². The van der Waals surface area contributed by atoms with Crippen molar-refractivity contribution in [1.29, 1.82) is 0 Å². The van der Waals surface area contributed by atoms with E-state index in [1.165, 1.54) is 16.4 Å². The van der Waals surface area contributed by atoms with Crippen LogP contribution in [0.5, 0.6) is 0 Å². The fraction of sp³-hybridized carbons (Fsp3) is 0.316. The Morgan fingerprint density at radius 3 is 2.63 bits per heavy atom. The minimum atomic E-state index is -3.94. The standard InChI is InChI=1S/C19H21FN4O2S/c1-14-5-7-19(17(20)11-14)24-18-8-6-16(22-3)12-15(18)13-23(27(24,25)26)10-4-9-21-2/h5-8,11-12,21H,4,9-10,13H2,1-2H3. The number of halogens is 1. The lowest BCUT2D eigenvalue weighted by Crippen LogP contribution is -2.46. The number of fused-ring (bicyclic) bond motifs is 1. The zero-order chi connectivity index (χ0) is 19.6. The van der Waals surface area contributed by atoms with Gasteiger partial charge in [0, 0.05) is 13.1 Å². The van der Waals surface area contributed by atoms with Crippen LogP contribution in [0, 0.1) is 19.3 Å². The summed E-state index contributed by atoms with van der Waals surface area (Å²) in [5.74, 6) is -0.601. The molecule has 0 bridgehead atoms. The molecule has 142 valence electrons. The molecule has 3 rings (SSSR count). The predicted octanol–water partition coefficient (Wildman–Crippen LogP) is 3.49. The molecule has 2 aromatic rings. The Kier molecular flexibility index (Phi) is 5.46. The molecule has 0 saturated carbocycles. The van der Waals surface area contributed by atoms with Crippen LogP contribution >= 0.6 is 0 Å². The number of nitrogens with zero attached hydrogens (tertiary/aromatic N) is 3. The van der Waals surface area contributed by atoms with E-state index in [1.807, 2.05) is 0 Å². The molecule has 0 spiro atoms. The molecule has 1 aliphatic heterocycles. The molecule has 1 N–H and O–H groups in total. The van der Waals surface area contributed by atoms with Crippen LogP contribution in [0.25, 0.3) is 4.85 Å². The Labute approximate surface area is 159 Å². The smallest absolute Gasteiger partial charge is 0.308 e. The summed E-state index contributed by atoms with van der Waals surface area (Å²) in [4.78, 5) is 3.42. The lowest BCUT2D eigenvalue weighted by Gasteiger charge is -2.37. The van der Waals surface area contributed by atoms with Crippen LogP contribution < -0.4 is 9.62 Å². The lowest BCUT2D eigenvalue weighted by atomic mass is 10.1. The van der Waals surface area contributed by atoms with Crippen LogP contribution in [0.4, 0.5) is 21.5 Å². The van der Waals surface area contributed by atoms with E-state index in [2.05, 4.69) is 10.2 Å². The molecule has 1 aliphatic rings.